The maximum atomic E-state index is 8.67. The number of methoxy groups -OCH3 is 1. The highest BCUT2D eigenvalue weighted by atomic mass is 16.5. The molecule has 0 amide bonds. The summed E-state index contributed by atoms with van der Waals surface area (Å²) >= 11 is 0. The van der Waals surface area contributed by atoms with Crippen molar-refractivity contribution in [3.05, 3.63) is 17.1 Å². The number of nitrogens with zero attached hydrogens (tertiary/aromatic N) is 3. The molecule has 0 aliphatic heterocycles. The lowest BCUT2D eigenvalue weighted by atomic mass is 10.2. The minimum atomic E-state index is 0.374. The van der Waals surface area contributed by atoms with Gasteiger partial charge in [-0.2, -0.15) is 10.2 Å². The maximum absolute atomic E-state index is 8.67. The van der Waals surface area contributed by atoms with E-state index in [2.05, 4.69) is 9.97 Å². The number of rotatable bonds is 1. The van der Waals surface area contributed by atoms with E-state index in [9.17, 15) is 0 Å². The highest BCUT2D eigenvalue weighted by Crippen LogP contribution is 2.15. The number of aryl methyl sites for hydroxylation is 1. The average molecular weight is 163 g/mol. The maximum Gasteiger partial charge on any atom is 0.220 e. The first-order chi connectivity index (χ1) is 5.69. The van der Waals surface area contributed by atoms with Crippen LogP contribution in [0.15, 0.2) is 0 Å². The summed E-state index contributed by atoms with van der Waals surface area (Å²) < 4.78 is 4.97. The molecule has 0 fully saturated rings. The molecule has 1 aromatic rings. The molecule has 0 bridgehead atoms. The molecular weight excluding hydrogens is 154 g/mol. The Morgan fingerprint density at radius 3 is 2.50 bits per heavy atom. The molecule has 0 atom stereocenters. The van der Waals surface area contributed by atoms with Gasteiger partial charge in [-0.3, -0.25) is 0 Å². The Labute approximate surface area is 70.8 Å². The Bertz CT molecular complexity index is 341. The third-order valence-electron chi connectivity index (χ3n) is 1.51. The SMILES string of the molecule is COc1nc(C)nc(C#N)c1C. The third-order valence-corrected chi connectivity index (χ3v) is 1.51. The summed E-state index contributed by atoms with van der Waals surface area (Å²) in [6.07, 6.45) is 0. The smallest absolute Gasteiger partial charge is 0.220 e. The molecule has 4 heteroatoms. The van der Waals surface area contributed by atoms with Crippen LogP contribution < -0.4 is 4.74 Å². The van der Waals surface area contributed by atoms with Crippen LogP contribution in [0.3, 0.4) is 0 Å². The highest BCUT2D eigenvalue weighted by Gasteiger charge is 2.07. The number of ether oxygens (including phenoxy) is 1. The van der Waals surface area contributed by atoms with E-state index < -0.39 is 0 Å². The molecule has 0 unspecified atom stereocenters. The zero-order valence-electron chi connectivity index (χ0n) is 7.25. The molecule has 0 aliphatic rings. The zero-order valence-corrected chi connectivity index (χ0v) is 7.25. The fourth-order valence-corrected chi connectivity index (χ4v) is 0.910. The van der Waals surface area contributed by atoms with E-state index in [1.54, 1.807) is 13.8 Å². The molecule has 0 radical (unpaired) electrons. The van der Waals surface area contributed by atoms with E-state index in [1.165, 1.54) is 7.11 Å². The third kappa shape index (κ3) is 1.35. The minimum absolute atomic E-state index is 0.374. The second-order valence-electron chi connectivity index (χ2n) is 2.37. The van der Waals surface area contributed by atoms with Crippen LogP contribution in [0.4, 0.5) is 0 Å². The Balaban J connectivity index is 3.34. The van der Waals surface area contributed by atoms with E-state index in [0.717, 1.165) is 0 Å². The van der Waals surface area contributed by atoms with Crippen LogP contribution in [0.1, 0.15) is 17.1 Å². The van der Waals surface area contributed by atoms with Crippen molar-refractivity contribution in [3.63, 3.8) is 0 Å². The second kappa shape index (κ2) is 3.18. The van der Waals surface area contributed by atoms with Crippen molar-refractivity contribution >= 4 is 0 Å². The van der Waals surface area contributed by atoms with E-state index in [-0.39, 0.29) is 0 Å². The zero-order chi connectivity index (χ0) is 9.14. The molecule has 12 heavy (non-hydrogen) atoms. The molecule has 0 spiro atoms. The predicted octanol–water partition coefficient (Wildman–Crippen LogP) is 0.974. The summed E-state index contributed by atoms with van der Waals surface area (Å²) in [6, 6.07) is 1.98. The molecule has 1 aromatic heterocycles. The van der Waals surface area contributed by atoms with E-state index in [4.69, 9.17) is 10.00 Å². The summed E-state index contributed by atoms with van der Waals surface area (Å²) in [5.41, 5.74) is 1.06. The lowest BCUT2D eigenvalue weighted by molar-refractivity contribution is 0.392. The van der Waals surface area contributed by atoms with Gasteiger partial charge in [0.25, 0.3) is 0 Å². The van der Waals surface area contributed by atoms with Crippen LogP contribution in [0.5, 0.6) is 5.88 Å². The Morgan fingerprint density at radius 1 is 1.33 bits per heavy atom. The fraction of sp³-hybridized carbons (Fsp3) is 0.375. The Hall–Kier alpha value is -1.63. The van der Waals surface area contributed by atoms with Gasteiger partial charge >= 0.3 is 0 Å². The fourth-order valence-electron chi connectivity index (χ4n) is 0.910. The molecule has 1 heterocycles. The Kier molecular flexibility index (Phi) is 2.24. The van der Waals surface area contributed by atoms with Gasteiger partial charge in [-0.1, -0.05) is 0 Å². The molecule has 4 nitrogen and oxygen atoms in total. The first-order valence-corrected chi connectivity index (χ1v) is 3.48. The van der Waals surface area contributed by atoms with Crippen molar-refractivity contribution in [2.45, 2.75) is 13.8 Å². The highest BCUT2D eigenvalue weighted by molar-refractivity contribution is 5.36. The van der Waals surface area contributed by atoms with Gasteiger partial charge in [-0.15, -0.1) is 0 Å². The molecule has 0 aliphatic carbocycles. The number of hydrogen-bond acceptors (Lipinski definition) is 4. The van der Waals surface area contributed by atoms with Crippen molar-refractivity contribution in [1.29, 1.82) is 5.26 Å². The van der Waals surface area contributed by atoms with Gasteiger partial charge in [-0.25, -0.2) is 4.98 Å². The van der Waals surface area contributed by atoms with E-state index in [0.29, 0.717) is 23.0 Å². The summed E-state index contributed by atoms with van der Waals surface area (Å²) in [5.74, 6) is 1.02. The van der Waals surface area contributed by atoms with Crippen LogP contribution >= 0.6 is 0 Å². The number of aromatic nitrogens is 2. The monoisotopic (exact) mass is 163 g/mol. The molecule has 0 saturated carbocycles. The molecule has 1 rings (SSSR count). The van der Waals surface area contributed by atoms with Gasteiger partial charge in [0, 0.05) is 5.56 Å². The van der Waals surface area contributed by atoms with Crippen LogP contribution in [0.2, 0.25) is 0 Å². The number of nitriles is 1. The van der Waals surface area contributed by atoms with Gasteiger partial charge in [0.2, 0.25) is 5.88 Å². The predicted molar refractivity (Wildman–Crippen MR) is 42.8 cm³/mol. The molecule has 0 N–H and O–H groups in total. The molecule has 0 saturated heterocycles. The van der Waals surface area contributed by atoms with Crippen LogP contribution in [0, 0.1) is 25.2 Å². The van der Waals surface area contributed by atoms with Crippen molar-refractivity contribution in [3.8, 4) is 11.9 Å². The van der Waals surface area contributed by atoms with Gasteiger partial charge in [-0.05, 0) is 13.8 Å². The van der Waals surface area contributed by atoms with Crippen molar-refractivity contribution < 1.29 is 4.74 Å². The van der Waals surface area contributed by atoms with Gasteiger partial charge in [0.15, 0.2) is 5.69 Å². The van der Waals surface area contributed by atoms with Crippen molar-refractivity contribution in [2.75, 3.05) is 7.11 Å². The second-order valence-corrected chi connectivity index (χ2v) is 2.37. The first kappa shape index (κ1) is 8.47. The van der Waals surface area contributed by atoms with Gasteiger partial charge in [0.1, 0.15) is 11.9 Å². The van der Waals surface area contributed by atoms with Crippen LogP contribution in [-0.2, 0) is 0 Å². The quantitative estimate of drug-likeness (QED) is 0.619. The van der Waals surface area contributed by atoms with E-state index in [1.807, 2.05) is 6.07 Å². The largest absolute Gasteiger partial charge is 0.481 e. The van der Waals surface area contributed by atoms with Gasteiger partial charge in [0.05, 0.1) is 7.11 Å². The normalized spacial score (nSPS) is 9.17. The number of hydrogen-bond donors (Lipinski definition) is 0. The van der Waals surface area contributed by atoms with Crippen molar-refractivity contribution in [1.82, 2.24) is 9.97 Å². The van der Waals surface area contributed by atoms with Crippen LogP contribution in [-0.4, -0.2) is 17.1 Å². The van der Waals surface area contributed by atoms with Crippen molar-refractivity contribution in [2.24, 2.45) is 0 Å². The first-order valence-electron chi connectivity index (χ1n) is 3.48. The molecule has 0 aromatic carbocycles. The summed E-state index contributed by atoms with van der Waals surface area (Å²) in [4.78, 5) is 7.96. The summed E-state index contributed by atoms with van der Waals surface area (Å²) in [6.45, 7) is 3.49. The average Bonchev–Trinajstić information content (AvgIpc) is 2.08. The van der Waals surface area contributed by atoms with E-state index >= 15 is 0 Å². The molecular formula is C8H9N3O. The standard InChI is InChI=1S/C8H9N3O/c1-5-7(4-9)10-6(2)11-8(5)12-3/h1-3H3. The lowest BCUT2D eigenvalue weighted by Crippen LogP contribution is -2.00. The minimum Gasteiger partial charge on any atom is -0.481 e. The molecule has 62 valence electrons. The summed E-state index contributed by atoms with van der Waals surface area (Å²) in [7, 11) is 1.52. The Morgan fingerprint density at radius 2 is 2.00 bits per heavy atom. The summed E-state index contributed by atoms with van der Waals surface area (Å²) in [5, 5.41) is 8.67. The van der Waals surface area contributed by atoms with Crippen LogP contribution in [0.25, 0.3) is 0 Å². The lowest BCUT2D eigenvalue weighted by Gasteiger charge is -2.04. The topological polar surface area (TPSA) is 58.8 Å². The van der Waals surface area contributed by atoms with Gasteiger partial charge < -0.3 is 4.74 Å².